The van der Waals surface area contributed by atoms with Gasteiger partial charge in [-0.05, 0) is 57.8 Å². The lowest BCUT2D eigenvalue weighted by Gasteiger charge is -2.32. The zero-order chi connectivity index (χ0) is 17.5. The second-order valence-corrected chi connectivity index (χ2v) is 6.73. The molecule has 0 aliphatic carbocycles. The first-order chi connectivity index (χ1) is 10.5. The van der Waals surface area contributed by atoms with Crippen LogP contribution in [0.15, 0.2) is 18.2 Å². The topological polar surface area (TPSA) is 27.7 Å². The highest BCUT2D eigenvalue weighted by Crippen LogP contribution is 2.37. The maximum absolute atomic E-state index is 13.1. The Morgan fingerprint density at radius 1 is 1.04 bits per heavy atom. The maximum Gasteiger partial charge on any atom is 0.494 e. The Labute approximate surface area is 135 Å². The predicted octanol–water partition coefficient (Wildman–Crippen LogP) is 3.79. The number of benzene rings is 1. The molecule has 0 atom stereocenters. The SMILES string of the molecule is CCCOc1cc(B2OC(C)(C)C(C)(C)O2)cc(C(F)(F)F)c1. The molecule has 1 heterocycles. The van der Waals surface area contributed by atoms with Crippen LogP contribution in [0.25, 0.3) is 0 Å². The van der Waals surface area contributed by atoms with Crippen LogP contribution in [0.5, 0.6) is 5.75 Å². The fraction of sp³-hybridized carbons (Fsp3) is 0.625. The number of hydrogen-bond donors (Lipinski definition) is 0. The Bertz CT molecular complexity index is 554. The van der Waals surface area contributed by atoms with Gasteiger partial charge >= 0.3 is 13.3 Å². The molecule has 7 heteroatoms. The van der Waals surface area contributed by atoms with E-state index in [2.05, 4.69) is 0 Å². The Kier molecular flexibility index (Phi) is 4.75. The Morgan fingerprint density at radius 2 is 1.61 bits per heavy atom. The highest BCUT2D eigenvalue weighted by molar-refractivity contribution is 6.62. The molecule has 0 amide bonds. The van der Waals surface area contributed by atoms with Crippen molar-refractivity contribution in [1.29, 1.82) is 0 Å². The van der Waals surface area contributed by atoms with Gasteiger partial charge in [-0.2, -0.15) is 13.2 Å². The molecule has 1 fully saturated rings. The van der Waals surface area contributed by atoms with Crippen LogP contribution in [-0.2, 0) is 15.5 Å². The second kappa shape index (κ2) is 6.02. The molecule has 3 nitrogen and oxygen atoms in total. The molecule has 1 aromatic rings. The zero-order valence-electron chi connectivity index (χ0n) is 14.1. The molecule has 1 saturated heterocycles. The van der Waals surface area contributed by atoms with E-state index in [1.807, 2.05) is 34.6 Å². The molecular formula is C16H22BF3O3. The van der Waals surface area contributed by atoms with Crippen molar-refractivity contribution in [2.24, 2.45) is 0 Å². The summed E-state index contributed by atoms with van der Waals surface area (Å²) in [6.07, 6.45) is -3.74. The molecule has 0 spiro atoms. The average molecular weight is 330 g/mol. The van der Waals surface area contributed by atoms with E-state index < -0.39 is 30.1 Å². The zero-order valence-corrected chi connectivity index (χ0v) is 14.1. The molecule has 23 heavy (non-hydrogen) atoms. The smallest absolute Gasteiger partial charge is 0.494 e. The predicted molar refractivity (Wildman–Crippen MR) is 82.9 cm³/mol. The van der Waals surface area contributed by atoms with Crippen LogP contribution in [0.1, 0.15) is 46.6 Å². The molecule has 1 aliphatic heterocycles. The first kappa shape index (κ1) is 18.1. The van der Waals surface area contributed by atoms with Crippen LogP contribution >= 0.6 is 0 Å². The van der Waals surface area contributed by atoms with Gasteiger partial charge in [-0.3, -0.25) is 0 Å². The van der Waals surface area contributed by atoms with E-state index in [9.17, 15) is 13.2 Å². The summed E-state index contributed by atoms with van der Waals surface area (Å²) in [6.45, 7) is 9.67. The molecule has 0 unspecified atom stereocenters. The minimum Gasteiger partial charge on any atom is -0.494 e. The van der Waals surface area contributed by atoms with Gasteiger partial charge in [-0.1, -0.05) is 6.92 Å². The Balaban J connectivity index is 2.38. The highest BCUT2D eigenvalue weighted by atomic mass is 19.4. The molecule has 1 aliphatic rings. The fourth-order valence-electron chi connectivity index (χ4n) is 2.20. The number of hydrogen-bond acceptors (Lipinski definition) is 3. The van der Waals surface area contributed by atoms with E-state index in [4.69, 9.17) is 14.0 Å². The van der Waals surface area contributed by atoms with Crippen LogP contribution in [0.2, 0.25) is 0 Å². The van der Waals surface area contributed by atoms with Crippen molar-refractivity contribution in [3.8, 4) is 5.75 Å². The van der Waals surface area contributed by atoms with Gasteiger partial charge in [0.1, 0.15) is 5.75 Å². The van der Waals surface area contributed by atoms with E-state index in [1.54, 1.807) is 6.07 Å². The van der Waals surface area contributed by atoms with E-state index in [0.29, 0.717) is 18.5 Å². The quantitative estimate of drug-likeness (QED) is 0.786. The summed E-state index contributed by atoms with van der Waals surface area (Å²) in [5.41, 5.74) is -1.69. The van der Waals surface area contributed by atoms with Gasteiger partial charge in [0, 0.05) is 0 Å². The van der Waals surface area contributed by atoms with Crippen LogP contribution < -0.4 is 10.2 Å². The third-order valence-corrected chi connectivity index (χ3v) is 4.25. The van der Waals surface area contributed by atoms with Crippen molar-refractivity contribution in [1.82, 2.24) is 0 Å². The number of ether oxygens (including phenoxy) is 1. The maximum atomic E-state index is 13.1. The number of halogens is 3. The largest absolute Gasteiger partial charge is 0.494 e. The molecule has 0 N–H and O–H groups in total. The minimum absolute atomic E-state index is 0.173. The molecule has 128 valence electrons. The summed E-state index contributed by atoms with van der Waals surface area (Å²) in [5, 5.41) is 0. The number of rotatable bonds is 4. The van der Waals surface area contributed by atoms with Crippen molar-refractivity contribution in [3.63, 3.8) is 0 Å². The molecule has 0 saturated carbocycles. The van der Waals surface area contributed by atoms with E-state index in [-0.39, 0.29) is 5.75 Å². The Morgan fingerprint density at radius 3 is 2.09 bits per heavy atom. The van der Waals surface area contributed by atoms with E-state index >= 15 is 0 Å². The monoisotopic (exact) mass is 330 g/mol. The third kappa shape index (κ3) is 3.83. The summed E-state index contributed by atoms with van der Waals surface area (Å²) in [4.78, 5) is 0. The van der Waals surface area contributed by atoms with Crippen molar-refractivity contribution in [2.45, 2.75) is 58.4 Å². The van der Waals surface area contributed by atoms with Crippen molar-refractivity contribution >= 4 is 12.6 Å². The lowest BCUT2D eigenvalue weighted by atomic mass is 9.78. The number of alkyl halides is 3. The average Bonchev–Trinajstić information content (AvgIpc) is 2.64. The van der Waals surface area contributed by atoms with Crippen LogP contribution in [0, 0.1) is 0 Å². The van der Waals surface area contributed by atoms with Gasteiger partial charge in [0.25, 0.3) is 0 Å². The lowest BCUT2D eigenvalue weighted by molar-refractivity contribution is -0.137. The van der Waals surface area contributed by atoms with Crippen LogP contribution in [-0.4, -0.2) is 24.9 Å². The summed E-state index contributed by atoms with van der Waals surface area (Å²) >= 11 is 0. The molecule has 1 aromatic carbocycles. The lowest BCUT2D eigenvalue weighted by Crippen LogP contribution is -2.41. The van der Waals surface area contributed by atoms with Gasteiger partial charge in [0.2, 0.25) is 0 Å². The van der Waals surface area contributed by atoms with Crippen molar-refractivity contribution in [3.05, 3.63) is 23.8 Å². The van der Waals surface area contributed by atoms with Gasteiger partial charge in [-0.15, -0.1) is 0 Å². The van der Waals surface area contributed by atoms with Gasteiger partial charge in [0.15, 0.2) is 0 Å². The van der Waals surface area contributed by atoms with Crippen LogP contribution in [0.4, 0.5) is 13.2 Å². The van der Waals surface area contributed by atoms with E-state index in [0.717, 1.165) is 12.1 Å². The van der Waals surface area contributed by atoms with E-state index in [1.165, 1.54) is 0 Å². The van der Waals surface area contributed by atoms with Gasteiger partial charge < -0.3 is 14.0 Å². The summed E-state index contributed by atoms with van der Waals surface area (Å²) < 4.78 is 56.4. The highest BCUT2D eigenvalue weighted by Gasteiger charge is 2.52. The van der Waals surface area contributed by atoms with Crippen LogP contribution in [0.3, 0.4) is 0 Å². The fourth-order valence-corrected chi connectivity index (χ4v) is 2.20. The minimum atomic E-state index is -4.45. The van der Waals surface area contributed by atoms with Gasteiger partial charge in [-0.25, -0.2) is 0 Å². The molecule has 2 rings (SSSR count). The van der Waals surface area contributed by atoms with Crippen molar-refractivity contribution in [2.75, 3.05) is 6.61 Å². The third-order valence-electron chi connectivity index (χ3n) is 4.25. The first-order valence-electron chi connectivity index (χ1n) is 7.67. The Hall–Kier alpha value is -1.21. The molecular weight excluding hydrogens is 308 g/mol. The summed E-state index contributed by atoms with van der Waals surface area (Å²) in [5.74, 6) is 0.173. The normalized spacial score (nSPS) is 19.9. The van der Waals surface area contributed by atoms with Crippen molar-refractivity contribution < 1.29 is 27.2 Å². The van der Waals surface area contributed by atoms with Gasteiger partial charge in [0.05, 0.1) is 23.4 Å². The molecule has 0 bridgehead atoms. The standard InChI is InChI=1S/C16H22BF3O3/c1-6-7-21-13-9-11(16(18,19)20)8-12(10-13)17-22-14(2,3)15(4,5)23-17/h8-10H,6-7H2,1-5H3. The molecule has 0 radical (unpaired) electrons. The first-order valence-corrected chi connectivity index (χ1v) is 7.67. The molecule has 0 aromatic heterocycles. The second-order valence-electron chi connectivity index (χ2n) is 6.73. The summed E-state index contributed by atoms with van der Waals surface area (Å²) in [7, 11) is -0.855. The summed E-state index contributed by atoms with van der Waals surface area (Å²) in [6, 6.07) is 3.61.